The SMILES string of the molecule is C.CC(=O)N(C(C)=O)C(C)=O.CC(=O)N(C(C)=O)C(C)=O.CC(C)(C)OC(=O)OC(=O)OC(C)(C)C.CCCCCCCCCCCC(=O)O.CCCCCCCCCCCC(=O)ON1C(=O)CCC1=O.NCCCCCCCCCCC(=O)O.NCCCCCCCCCCC(=O)[NH][Ga][I].O=C1CCC(=O)N1O.[NH2][Ga][I]. The maximum absolute atomic E-state index is 11.5. The van der Waals surface area contributed by atoms with Crippen LogP contribution in [-0.2, 0) is 86.2 Å². The van der Waals surface area contributed by atoms with Crippen LogP contribution in [0.25, 0.3) is 0 Å². The zero-order valence-corrected chi connectivity index (χ0v) is 78.7. The molecule has 0 spiro atoms. The molecule has 31 nitrogen and oxygen atoms in total. The number of halogens is 2. The number of ether oxygens (including phenoxy) is 3. The summed E-state index contributed by atoms with van der Waals surface area (Å²) in [5, 5.41) is 26.0. The Morgan fingerprint density at radius 3 is 0.857 bits per heavy atom. The number of amides is 11. The molecule has 2 fully saturated rings. The van der Waals surface area contributed by atoms with E-state index in [9.17, 15) is 76.7 Å². The third-order valence-corrected chi connectivity index (χ3v) is 17.5. The fourth-order valence-corrected chi connectivity index (χ4v) is 11.9. The van der Waals surface area contributed by atoms with Crippen molar-refractivity contribution in [3.63, 3.8) is 0 Å². The summed E-state index contributed by atoms with van der Waals surface area (Å²) in [5.74, 6) is -6.65. The molecule has 2 radical (unpaired) electrons. The van der Waals surface area contributed by atoms with Crippen molar-refractivity contribution in [3.05, 3.63) is 0 Å². The van der Waals surface area contributed by atoms with Gasteiger partial charge in [-0.25, -0.2) is 24.2 Å². The van der Waals surface area contributed by atoms with E-state index in [1.54, 1.807) is 41.5 Å². The number of carbonyl (C=O) groups is 16. The molecule has 112 heavy (non-hydrogen) atoms. The third kappa shape index (κ3) is 93.9. The van der Waals surface area contributed by atoms with E-state index in [0.29, 0.717) is 27.7 Å². The van der Waals surface area contributed by atoms with E-state index in [1.807, 2.05) is 0 Å². The van der Waals surface area contributed by atoms with Crippen molar-refractivity contribution in [2.24, 2.45) is 15.9 Å². The van der Waals surface area contributed by atoms with Crippen LogP contribution in [0.4, 0.5) is 9.59 Å². The van der Waals surface area contributed by atoms with Gasteiger partial charge in [0.05, 0.1) is 0 Å². The van der Waals surface area contributed by atoms with Crippen LogP contribution in [0, 0.1) is 0 Å². The molecule has 35 heteroatoms. The predicted molar refractivity (Wildman–Crippen MR) is 450 cm³/mol. The topological polar surface area (TPSA) is 474 Å². The van der Waals surface area contributed by atoms with Crippen molar-refractivity contribution in [3.8, 4) is 0 Å². The molecule has 10 N–H and O–H groups in total. The number of nitrogens with one attached hydrogen (secondary N) is 1. The molecule has 0 bridgehead atoms. The van der Waals surface area contributed by atoms with Gasteiger partial charge in [0.25, 0.3) is 23.6 Å². The molecule has 0 unspecified atom stereocenters. The van der Waals surface area contributed by atoms with Gasteiger partial charge in [0.2, 0.25) is 35.4 Å². The average Bonchev–Trinajstić information content (AvgIpc) is 1.70. The molecule has 0 aromatic carbocycles. The van der Waals surface area contributed by atoms with Gasteiger partial charge in [-0.1, -0.05) is 163 Å². The summed E-state index contributed by atoms with van der Waals surface area (Å²) in [7, 11) is 0. The van der Waals surface area contributed by atoms with E-state index < -0.39 is 115 Å². The van der Waals surface area contributed by atoms with E-state index in [0.717, 1.165) is 77.3 Å². The monoisotopic (exact) mass is 1940 g/mol. The van der Waals surface area contributed by atoms with Gasteiger partial charge in [-0.05, 0) is 73.8 Å². The Morgan fingerprint density at radius 1 is 0.420 bits per heavy atom. The molecule has 0 aliphatic carbocycles. The number of carboxylic acids is 2. The Morgan fingerprint density at radius 2 is 0.652 bits per heavy atom. The number of aliphatic carboxylic acids is 2. The van der Waals surface area contributed by atoms with Gasteiger partial charge in [0.15, 0.2) is 0 Å². The van der Waals surface area contributed by atoms with Crippen molar-refractivity contribution >= 4 is 163 Å². The van der Waals surface area contributed by atoms with Gasteiger partial charge in [-0.15, -0.1) is 5.06 Å². The number of carboxylic acid groups (broad SMARTS) is 2. The molecule has 2 rings (SSSR count). The zero-order valence-electron chi connectivity index (χ0n) is 69.6. The Bertz CT molecular complexity index is 2400. The second-order valence-electron chi connectivity index (χ2n) is 27.9. The molecular formula is C77H144Ga2I2N8O23. The average molecular weight is 1940 g/mol. The normalized spacial score (nSPS) is 11.5. The molecule has 650 valence electrons. The van der Waals surface area contributed by atoms with E-state index in [-0.39, 0.29) is 64.6 Å². The molecule has 2 saturated heterocycles. The summed E-state index contributed by atoms with van der Waals surface area (Å²) in [6.45, 7) is 23.1. The molecule has 0 aromatic rings. The van der Waals surface area contributed by atoms with Crippen LogP contribution < -0.4 is 19.9 Å². The molecule has 0 atom stereocenters. The van der Waals surface area contributed by atoms with Crippen molar-refractivity contribution in [1.29, 1.82) is 0 Å². The van der Waals surface area contributed by atoms with E-state index in [2.05, 4.69) is 62.0 Å². The molecule has 2 heterocycles. The Labute approximate surface area is 706 Å². The van der Waals surface area contributed by atoms with Crippen molar-refractivity contribution < 1.29 is 111 Å². The number of hydrogen-bond acceptors (Lipinski definition) is 24. The van der Waals surface area contributed by atoms with Crippen molar-refractivity contribution in [1.82, 2.24) is 23.9 Å². The number of hydroxylamine groups is 4. The fourth-order valence-electron chi connectivity index (χ4n) is 9.58. The van der Waals surface area contributed by atoms with E-state index in [1.165, 1.54) is 202 Å². The molecular weight excluding hydrogens is 1800 g/mol. The summed E-state index contributed by atoms with van der Waals surface area (Å²) in [4.78, 5) is 177. The third-order valence-electron chi connectivity index (χ3n) is 15.0. The fraction of sp³-hybridized carbons (Fsp3) is 0.792. The van der Waals surface area contributed by atoms with Crippen LogP contribution >= 0.6 is 39.3 Å². The molecule has 0 aromatic heterocycles. The van der Waals surface area contributed by atoms with Gasteiger partial charge >= 0.3 is 181 Å². The number of imide groups is 8. The van der Waals surface area contributed by atoms with Gasteiger partial charge in [0, 0.05) is 86.5 Å². The summed E-state index contributed by atoms with van der Waals surface area (Å²) in [6.07, 6.45) is 41.0. The van der Waals surface area contributed by atoms with E-state index in [4.69, 9.17) is 45.6 Å². The van der Waals surface area contributed by atoms with Crippen molar-refractivity contribution in [2.45, 2.75) is 385 Å². The van der Waals surface area contributed by atoms with Crippen LogP contribution in [0.5, 0.6) is 0 Å². The van der Waals surface area contributed by atoms with E-state index >= 15 is 0 Å². The number of nitrogens with two attached hydrogens (primary N) is 3. The first-order valence-corrected chi connectivity index (χ1v) is 56.5. The zero-order chi connectivity index (χ0) is 86.6. The Kier molecular flexibility index (Phi) is 92.1. The summed E-state index contributed by atoms with van der Waals surface area (Å²) >= 11 is 3.85. The predicted octanol–water partition coefficient (Wildman–Crippen LogP) is 15.4. The number of nitrogens with zero attached hydrogens (tertiary/aromatic N) is 4. The minimum atomic E-state index is -1.06. The first kappa shape index (κ1) is 123. The van der Waals surface area contributed by atoms with Crippen LogP contribution in [0.1, 0.15) is 374 Å². The quantitative estimate of drug-likeness (QED) is 0.00567. The molecule has 2 aliphatic rings. The van der Waals surface area contributed by atoms with Crippen LogP contribution in [0.2, 0.25) is 0 Å². The molecule has 0 saturated carbocycles. The number of carbonyl (C=O) groups excluding carboxylic acids is 14. The van der Waals surface area contributed by atoms with Gasteiger partial charge < -0.3 is 40.7 Å². The molecule has 2 aliphatic heterocycles. The molecule has 11 amide bonds. The van der Waals surface area contributed by atoms with Crippen molar-refractivity contribution in [2.75, 3.05) is 13.1 Å². The van der Waals surface area contributed by atoms with Gasteiger partial charge in [0.1, 0.15) is 11.2 Å². The number of hydrogen-bond donors (Lipinski definition) is 7. The Balaban J connectivity index is -0.000000185. The second-order valence-corrected chi connectivity index (χ2v) is 36.5. The standard InChI is InChI=1S/C16H27NO4.C12H24O2.C11H24N2O.C11H23NO2.C10H18O5.2C6H9NO3.C4H5NO3.CH4.2Ga.2HI.H2N/c1-2-3-4-5-6-7-8-9-10-11-16(20)21-17-14(18)12-13-15(17)19;1-2-3-4-5-6-7-8-9-10-11-12(13)14;2*12-10-8-6-4-2-1-3-5-7-9-11(13)14;1-9(2,3)14-7(11)13-8(12)15-10(4,5)6;2*1-4(8)7(5(2)9)6(3)10;6-3-1-2-4(7)5(3)8;;;;;;/h2-13H2,1H3;2-11H2,1H3,(H,13,14);1-10,12H2,(H2,13,14);1-10,12H2,(H,13,14);1-6H3;2*1-3H3;8H,1-2H2;1H4;;;2*1H;1H2/q;;;;;;;;;2*+2;;;-1/p-3. The maximum atomic E-state index is 11.5. The summed E-state index contributed by atoms with van der Waals surface area (Å²) < 4.78 is 21.8. The minimum absolute atomic E-state index is 0. The number of rotatable bonds is 42. The first-order chi connectivity index (χ1) is 52.0. The summed E-state index contributed by atoms with van der Waals surface area (Å²) in [5.41, 5.74) is 9.42. The second kappa shape index (κ2) is 84.0. The van der Waals surface area contributed by atoms with Crippen LogP contribution in [-0.4, -0.2) is 183 Å². The van der Waals surface area contributed by atoms with Gasteiger partial charge in [-0.2, -0.15) is 5.06 Å². The number of unbranched alkanes of at least 4 members (excludes halogenated alkanes) is 30. The Hall–Kier alpha value is -4.91. The van der Waals surface area contributed by atoms with Gasteiger partial charge in [-0.3, -0.25) is 62.7 Å². The summed E-state index contributed by atoms with van der Waals surface area (Å²) in [6, 6.07) is 0. The van der Waals surface area contributed by atoms with Crippen LogP contribution in [0.15, 0.2) is 0 Å². The van der Waals surface area contributed by atoms with Crippen LogP contribution in [0.3, 0.4) is 0 Å². The first-order valence-electron chi connectivity index (χ1n) is 39.1.